The van der Waals surface area contributed by atoms with Gasteiger partial charge in [0.25, 0.3) is 0 Å². The lowest BCUT2D eigenvalue weighted by Crippen LogP contribution is -2.17. The fourth-order valence-corrected chi connectivity index (χ4v) is 2.04. The average molecular weight is 223 g/mol. The molecule has 0 aliphatic rings. The standard InChI is InChI=1S/C13H25N3/c1-10(2)7-6-8-13(14-4)12-9-15-16(5)11(12)3/h9-10,13-14H,6-8H2,1-5H3. The van der Waals surface area contributed by atoms with Crippen LogP contribution in [-0.4, -0.2) is 16.8 Å². The Morgan fingerprint density at radius 2 is 2.06 bits per heavy atom. The van der Waals surface area contributed by atoms with Gasteiger partial charge in [-0.25, -0.2) is 0 Å². The summed E-state index contributed by atoms with van der Waals surface area (Å²) in [5, 5.41) is 7.70. The minimum Gasteiger partial charge on any atom is -0.313 e. The Bertz CT molecular complexity index is 315. The van der Waals surface area contributed by atoms with Crippen molar-refractivity contribution in [2.75, 3.05) is 7.05 Å². The van der Waals surface area contributed by atoms with Crippen LogP contribution in [0.2, 0.25) is 0 Å². The summed E-state index contributed by atoms with van der Waals surface area (Å²) in [5.41, 5.74) is 2.61. The number of aromatic nitrogens is 2. The molecule has 1 unspecified atom stereocenters. The van der Waals surface area contributed by atoms with Crippen LogP contribution in [0.4, 0.5) is 0 Å². The smallest absolute Gasteiger partial charge is 0.0540 e. The topological polar surface area (TPSA) is 29.9 Å². The Hall–Kier alpha value is -0.830. The van der Waals surface area contributed by atoms with E-state index in [4.69, 9.17) is 0 Å². The lowest BCUT2D eigenvalue weighted by atomic mass is 9.99. The van der Waals surface area contributed by atoms with E-state index in [-0.39, 0.29) is 0 Å². The van der Waals surface area contributed by atoms with Crippen LogP contribution < -0.4 is 5.32 Å². The van der Waals surface area contributed by atoms with Crippen molar-refractivity contribution in [2.45, 2.75) is 46.1 Å². The van der Waals surface area contributed by atoms with E-state index in [2.05, 4.69) is 31.2 Å². The molecular weight excluding hydrogens is 198 g/mol. The summed E-state index contributed by atoms with van der Waals surface area (Å²) < 4.78 is 1.95. The molecule has 1 rings (SSSR count). The molecule has 0 saturated heterocycles. The van der Waals surface area contributed by atoms with Crippen molar-refractivity contribution in [1.29, 1.82) is 0 Å². The summed E-state index contributed by atoms with van der Waals surface area (Å²) in [5.74, 6) is 0.799. The fourth-order valence-electron chi connectivity index (χ4n) is 2.04. The molecule has 1 aromatic rings. The molecule has 0 bridgehead atoms. The first-order valence-corrected chi connectivity index (χ1v) is 6.22. The van der Waals surface area contributed by atoms with Crippen LogP contribution in [-0.2, 0) is 7.05 Å². The van der Waals surface area contributed by atoms with Gasteiger partial charge in [0, 0.05) is 24.3 Å². The van der Waals surface area contributed by atoms with Gasteiger partial charge in [0.1, 0.15) is 0 Å². The SMILES string of the molecule is CNC(CCCC(C)C)c1cnn(C)c1C. The Labute approximate surface area is 99.2 Å². The molecule has 92 valence electrons. The first-order chi connectivity index (χ1) is 7.56. The first-order valence-electron chi connectivity index (χ1n) is 6.22. The van der Waals surface area contributed by atoms with Crippen molar-refractivity contribution in [3.63, 3.8) is 0 Å². The van der Waals surface area contributed by atoms with Crippen LogP contribution in [0.1, 0.15) is 50.4 Å². The number of nitrogens with one attached hydrogen (secondary N) is 1. The Morgan fingerprint density at radius 1 is 1.38 bits per heavy atom. The number of aryl methyl sites for hydroxylation is 1. The summed E-state index contributed by atoms with van der Waals surface area (Å²) in [6.07, 6.45) is 5.77. The van der Waals surface area contributed by atoms with E-state index in [0.29, 0.717) is 6.04 Å². The molecule has 0 aliphatic heterocycles. The molecule has 3 nitrogen and oxygen atoms in total. The van der Waals surface area contributed by atoms with Crippen molar-refractivity contribution in [1.82, 2.24) is 15.1 Å². The monoisotopic (exact) mass is 223 g/mol. The van der Waals surface area contributed by atoms with E-state index in [1.807, 2.05) is 25.0 Å². The lowest BCUT2D eigenvalue weighted by Gasteiger charge is -2.16. The zero-order valence-corrected chi connectivity index (χ0v) is 11.2. The van der Waals surface area contributed by atoms with Gasteiger partial charge in [-0.2, -0.15) is 5.10 Å². The molecule has 1 aromatic heterocycles. The molecule has 3 heteroatoms. The largest absolute Gasteiger partial charge is 0.313 e. The van der Waals surface area contributed by atoms with Crippen LogP contribution >= 0.6 is 0 Å². The molecule has 0 aliphatic carbocycles. The van der Waals surface area contributed by atoms with Gasteiger partial charge >= 0.3 is 0 Å². The second kappa shape index (κ2) is 6.04. The van der Waals surface area contributed by atoms with Gasteiger partial charge in [-0.15, -0.1) is 0 Å². The van der Waals surface area contributed by atoms with Gasteiger partial charge in [0.15, 0.2) is 0 Å². The van der Waals surface area contributed by atoms with E-state index in [1.54, 1.807) is 0 Å². The predicted octanol–water partition coefficient (Wildman–Crippen LogP) is 2.82. The van der Waals surface area contributed by atoms with E-state index in [0.717, 1.165) is 5.92 Å². The van der Waals surface area contributed by atoms with Gasteiger partial charge in [0.2, 0.25) is 0 Å². The maximum atomic E-state index is 4.30. The summed E-state index contributed by atoms with van der Waals surface area (Å²) in [6.45, 7) is 6.70. The Balaban J connectivity index is 2.57. The molecular formula is C13H25N3. The third-order valence-electron chi connectivity index (χ3n) is 3.27. The minimum atomic E-state index is 0.451. The Kier molecular flexibility index (Phi) is 5.00. The van der Waals surface area contributed by atoms with E-state index in [1.165, 1.54) is 30.5 Å². The molecule has 16 heavy (non-hydrogen) atoms. The molecule has 0 radical (unpaired) electrons. The third-order valence-corrected chi connectivity index (χ3v) is 3.27. The number of hydrogen-bond acceptors (Lipinski definition) is 2. The zero-order chi connectivity index (χ0) is 12.1. The highest BCUT2D eigenvalue weighted by molar-refractivity contribution is 5.20. The summed E-state index contributed by atoms with van der Waals surface area (Å²) in [7, 11) is 4.03. The van der Waals surface area contributed by atoms with Crippen molar-refractivity contribution < 1.29 is 0 Å². The van der Waals surface area contributed by atoms with Crippen LogP contribution in [0.3, 0.4) is 0 Å². The summed E-state index contributed by atoms with van der Waals surface area (Å²) in [4.78, 5) is 0. The Morgan fingerprint density at radius 3 is 2.50 bits per heavy atom. The molecule has 0 fully saturated rings. The second-order valence-electron chi connectivity index (χ2n) is 4.97. The lowest BCUT2D eigenvalue weighted by molar-refractivity contribution is 0.469. The van der Waals surface area contributed by atoms with Crippen molar-refractivity contribution in [3.05, 3.63) is 17.5 Å². The molecule has 1 heterocycles. The zero-order valence-electron chi connectivity index (χ0n) is 11.2. The first kappa shape index (κ1) is 13.2. The summed E-state index contributed by atoms with van der Waals surface area (Å²) in [6, 6.07) is 0.451. The fraction of sp³-hybridized carbons (Fsp3) is 0.769. The van der Waals surface area contributed by atoms with Crippen LogP contribution in [0, 0.1) is 12.8 Å². The average Bonchev–Trinajstić information content (AvgIpc) is 2.55. The van der Waals surface area contributed by atoms with E-state index < -0.39 is 0 Å². The molecule has 1 N–H and O–H groups in total. The number of nitrogens with zero attached hydrogens (tertiary/aromatic N) is 2. The van der Waals surface area contributed by atoms with Crippen LogP contribution in [0.15, 0.2) is 6.20 Å². The maximum absolute atomic E-state index is 4.30. The normalized spacial score (nSPS) is 13.4. The second-order valence-corrected chi connectivity index (χ2v) is 4.97. The van der Waals surface area contributed by atoms with Gasteiger partial charge in [0.05, 0.1) is 6.20 Å². The molecule has 0 aromatic carbocycles. The predicted molar refractivity (Wildman–Crippen MR) is 68.4 cm³/mol. The number of hydrogen-bond donors (Lipinski definition) is 1. The van der Waals surface area contributed by atoms with E-state index >= 15 is 0 Å². The highest BCUT2D eigenvalue weighted by Crippen LogP contribution is 2.22. The van der Waals surface area contributed by atoms with Crippen molar-refractivity contribution in [3.8, 4) is 0 Å². The minimum absolute atomic E-state index is 0.451. The molecule has 0 amide bonds. The highest BCUT2D eigenvalue weighted by atomic mass is 15.3. The molecule has 1 atom stereocenters. The van der Waals surface area contributed by atoms with Gasteiger partial charge in [-0.1, -0.05) is 26.7 Å². The van der Waals surface area contributed by atoms with Crippen molar-refractivity contribution in [2.24, 2.45) is 13.0 Å². The molecule has 0 saturated carbocycles. The number of rotatable bonds is 6. The van der Waals surface area contributed by atoms with Crippen molar-refractivity contribution >= 4 is 0 Å². The summed E-state index contributed by atoms with van der Waals surface area (Å²) >= 11 is 0. The molecule has 0 spiro atoms. The van der Waals surface area contributed by atoms with Crippen LogP contribution in [0.25, 0.3) is 0 Å². The maximum Gasteiger partial charge on any atom is 0.0540 e. The highest BCUT2D eigenvalue weighted by Gasteiger charge is 2.14. The third kappa shape index (κ3) is 3.34. The quantitative estimate of drug-likeness (QED) is 0.803. The van der Waals surface area contributed by atoms with Gasteiger partial charge < -0.3 is 5.32 Å². The van der Waals surface area contributed by atoms with Gasteiger partial charge in [-0.05, 0) is 26.3 Å². The van der Waals surface area contributed by atoms with Crippen LogP contribution in [0.5, 0.6) is 0 Å². The van der Waals surface area contributed by atoms with E-state index in [9.17, 15) is 0 Å². The van der Waals surface area contributed by atoms with Gasteiger partial charge in [-0.3, -0.25) is 4.68 Å².